The summed E-state index contributed by atoms with van der Waals surface area (Å²) in [4.78, 5) is 10.8. The highest BCUT2D eigenvalue weighted by molar-refractivity contribution is 5.79. The molecular weight excluding hydrogens is 208 g/mol. The van der Waals surface area contributed by atoms with E-state index < -0.39 is 6.10 Å². The summed E-state index contributed by atoms with van der Waals surface area (Å²) in [6, 6.07) is 5.00. The van der Waals surface area contributed by atoms with Crippen LogP contribution < -0.4 is 9.47 Å². The first-order valence-corrected chi connectivity index (χ1v) is 5.11. The third-order valence-corrected chi connectivity index (χ3v) is 2.14. The second-order valence-electron chi connectivity index (χ2n) is 3.51. The van der Waals surface area contributed by atoms with E-state index in [1.54, 1.807) is 32.2 Å². The highest BCUT2D eigenvalue weighted by Gasteiger charge is 2.05. The van der Waals surface area contributed by atoms with Gasteiger partial charge in [-0.2, -0.15) is 0 Å². The van der Waals surface area contributed by atoms with Gasteiger partial charge in [0, 0.05) is 12.5 Å². The van der Waals surface area contributed by atoms with Crippen LogP contribution in [0.1, 0.15) is 23.7 Å². The van der Waals surface area contributed by atoms with Crippen LogP contribution in [0.5, 0.6) is 11.5 Å². The minimum absolute atomic E-state index is 0.367. The molecule has 1 rings (SSSR count). The number of hydrogen-bond acceptors (Lipinski definition) is 4. The summed E-state index contributed by atoms with van der Waals surface area (Å²) in [5.74, 6) is 1.12. The number of aldehydes is 1. The zero-order valence-corrected chi connectivity index (χ0v) is 9.47. The smallest absolute Gasteiger partial charge is 0.153 e. The van der Waals surface area contributed by atoms with Crippen LogP contribution in [-0.2, 0) is 0 Å². The van der Waals surface area contributed by atoms with Crippen LogP contribution in [0.2, 0.25) is 0 Å². The SMILES string of the molecule is COc1ccc(C=O)c(OCCC(C)O)c1. The lowest BCUT2D eigenvalue weighted by atomic mass is 10.2. The Morgan fingerprint density at radius 1 is 1.50 bits per heavy atom. The lowest BCUT2D eigenvalue weighted by Gasteiger charge is -2.10. The van der Waals surface area contributed by atoms with Crippen molar-refractivity contribution in [3.05, 3.63) is 23.8 Å². The van der Waals surface area contributed by atoms with Gasteiger partial charge < -0.3 is 14.6 Å². The molecule has 1 atom stereocenters. The molecule has 16 heavy (non-hydrogen) atoms. The van der Waals surface area contributed by atoms with Crippen molar-refractivity contribution in [2.24, 2.45) is 0 Å². The molecule has 1 unspecified atom stereocenters. The molecular formula is C12H16O4. The van der Waals surface area contributed by atoms with E-state index in [4.69, 9.17) is 14.6 Å². The number of aliphatic hydroxyl groups is 1. The summed E-state index contributed by atoms with van der Waals surface area (Å²) in [5, 5.41) is 9.08. The maximum Gasteiger partial charge on any atom is 0.153 e. The highest BCUT2D eigenvalue weighted by atomic mass is 16.5. The summed E-state index contributed by atoms with van der Waals surface area (Å²) in [6.07, 6.45) is 0.845. The number of benzene rings is 1. The summed E-state index contributed by atoms with van der Waals surface area (Å²) in [6.45, 7) is 2.06. The number of methoxy groups -OCH3 is 1. The summed E-state index contributed by atoms with van der Waals surface area (Å²) >= 11 is 0. The third kappa shape index (κ3) is 3.55. The third-order valence-electron chi connectivity index (χ3n) is 2.14. The van der Waals surface area contributed by atoms with Gasteiger partial charge in [0.25, 0.3) is 0 Å². The van der Waals surface area contributed by atoms with E-state index in [2.05, 4.69) is 0 Å². The molecule has 0 radical (unpaired) electrons. The van der Waals surface area contributed by atoms with E-state index in [-0.39, 0.29) is 0 Å². The van der Waals surface area contributed by atoms with Crippen LogP contribution in [-0.4, -0.2) is 31.2 Å². The van der Waals surface area contributed by atoms with Crippen LogP contribution in [0.15, 0.2) is 18.2 Å². The molecule has 0 aliphatic carbocycles. The van der Waals surface area contributed by atoms with E-state index in [1.165, 1.54) is 0 Å². The predicted octanol–water partition coefficient (Wildman–Crippen LogP) is 1.66. The van der Waals surface area contributed by atoms with Crippen molar-refractivity contribution in [2.75, 3.05) is 13.7 Å². The molecule has 0 saturated heterocycles. The van der Waals surface area contributed by atoms with E-state index in [1.807, 2.05) is 0 Å². The summed E-state index contributed by atoms with van der Waals surface area (Å²) in [5.41, 5.74) is 0.478. The predicted molar refractivity (Wildman–Crippen MR) is 60.2 cm³/mol. The number of carbonyl (C=O) groups is 1. The van der Waals surface area contributed by atoms with Crippen molar-refractivity contribution >= 4 is 6.29 Å². The van der Waals surface area contributed by atoms with E-state index in [0.29, 0.717) is 30.1 Å². The fourth-order valence-corrected chi connectivity index (χ4v) is 1.20. The number of carbonyl (C=O) groups excluding carboxylic acids is 1. The lowest BCUT2D eigenvalue weighted by Crippen LogP contribution is -2.08. The molecule has 4 heteroatoms. The van der Waals surface area contributed by atoms with Crippen LogP contribution >= 0.6 is 0 Å². The lowest BCUT2D eigenvalue weighted by molar-refractivity contribution is 0.111. The molecule has 0 aromatic heterocycles. The minimum atomic E-state index is -0.412. The van der Waals surface area contributed by atoms with Gasteiger partial charge in [-0.15, -0.1) is 0 Å². The summed E-state index contributed by atoms with van der Waals surface area (Å²) in [7, 11) is 1.55. The molecule has 1 aromatic rings. The van der Waals surface area contributed by atoms with Crippen LogP contribution in [0.25, 0.3) is 0 Å². The van der Waals surface area contributed by atoms with Crippen molar-refractivity contribution in [3.8, 4) is 11.5 Å². The van der Waals surface area contributed by atoms with Gasteiger partial charge in [0.2, 0.25) is 0 Å². The van der Waals surface area contributed by atoms with Crippen LogP contribution in [0.4, 0.5) is 0 Å². The summed E-state index contributed by atoms with van der Waals surface area (Å²) < 4.78 is 10.4. The zero-order chi connectivity index (χ0) is 12.0. The maximum atomic E-state index is 10.8. The largest absolute Gasteiger partial charge is 0.497 e. The van der Waals surface area contributed by atoms with Crippen LogP contribution in [0, 0.1) is 0 Å². The Morgan fingerprint density at radius 3 is 2.81 bits per heavy atom. The molecule has 1 N–H and O–H groups in total. The van der Waals surface area contributed by atoms with Gasteiger partial charge in [-0.1, -0.05) is 0 Å². The molecule has 1 aromatic carbocycles. The molecule has 0 amide bonds. The van der Waals surface area contributed by atoms with Gasteiger partial charge in [-0.25, -0.2) is 0 Å². The van der Waals surface area contributed by atoms with Crippen molar-refractivity contribution in [2.45, 2.75) is 19.4 Å². The quantitative estimate of drug-likeness (QED) is 0.746. The Kier molecular flexibility index (Phi) is 4.79. The molecule has 0 bridgehead atoms. The van der Waals surface area contributed by atoms with Crippen LogP contribution in [0.3, 0.4) is 0 Å². The maximum absolute atomic E-state index is 10.8. The average Bonchev–Trinajstić information content (AvgIpc) is 2.28. The Labute approximate surface area is 94.8 Å². The van der Waals surface area contributed by atoms with E-state index in [9.17, 15) is 4.79 Å². The Hall–Kier alpha value is -1.55. The molecule has 88 valence electrons. The normalized spacial score (nSPS) is 11.9. The second kappa shape index (κ2) is 6.12. The van der Waals surface area contributed by atoms with Crippen molar-refractivity contribution in [3.63, 3.8) is 0 Å². The second-order valence-corrected chi connectivity index (χ2v) is 3.51. The first-order chi connectivity index (χ1) is 7.67. The molecule has 0 aliphatic rings. The van der Waals surface area contributed by atoms with Gasteiger partial charge in [-0.05, 0) is 19.1 Å². The van der Waals surface area contributed by atoms with E-state index >= 15 is 0 Å². The number of aliphatic hydroxyl groups excluding tert-OH is 1. The van der Waals surface area contributed by atoms with Gasteiger partial charge >= 0.3 is 0 Å². The standard InChI is InChI=1S/C12H16O4/c1-9(14)5-6-16-12-7-11(15-2)4-3-10(12)8-13/h3-4,7-9,14H,5-6H2,1-2H3. The fraction of sp³-hybridized carbons (Fsp3) is 0.417. The Balaban J connectivity index is 2.71. The zero-order valence-electron chi connectivity index (χ0n) is 9.47. The van der Waals surface area contributed by atoms with Gasteiger partial charge in [0.15, 0.2) is 6.29 Å². The number of rotatable bonds is 6. The number of ether oxygens (including phenoxy) is 2. The highest BCUT2D eigenvalue weighted by Crippen LogP contribution is 2.23. The first-order valence-electron chi connectivity index (χ1n) is 5.11. The molecule has 4 nitrogen and oxygen atoms in total. The van der Waals surface area contributed by atoms with E-state index in [0.717, 1.165) is 6.29 Å². The van der Waals surface area contributed by atoms with Crippen molar-refractivity contribution in [1.29, 1.82) is 0 Å². The Bertz CT molecular complexity index is 347. The van der Waals surface area contributed by atoms with Gasteiger partial charge in [-0.3, -0.25) is 4.79 Å². The number of hydrogen-bond donors (Lipinski definition) is 1. The molecule has 0 heterocycles. The Morgan fingerprint density at radius 2 is 2.25 bits per heavy atom. The first kappa shape index (κ1) is 12.5. The van der Waals surface area contributed by atoms with Gasteiger partial charge in [0.1, 0.15) is 11.5 Å². The average molecular weight is 224 g/mol. The minimum Gasteiger partial charge on any atom is -0.497 e. The molecule has 0 aliphatic heterocycles. The molecule has 0 saturated carbocycles. The van der Waals surface area contributed by atoms with Gasteiger partial charge in [0.05, 0.1) is 25.4 Å². The monoisotopic (exact) mass is 224 g/mol. The fourth-order valence-electron chi connectivity index (χ4n) is 1.20. The molecule has 0 spiro atoms. The molecule has 0 fully saturated rings. The van der Waals surface area contributed by atoms with Crippen molar-refractivity contribution < 1.29 is 19.4 Å². The topological polar surface area (TPSA) is 55.8 Å². The van der Waals surface area contributed by atoms with Crippen molar-refractivity contribution in [1.82, 2.24) is 0 Å².